The van der Waals surface area contributed by atoms with Crippen LogP contribution in [0.1, 0.15) is 22.8 Å². The number of hydrogen-bond donors (Lipinski definition) is 3. The van der Waals surface area contributed by atoms with Crippen LogP contribution in [0, 0.1) is 0 Å². The first-order valence-electron chi connectivity index (χ1n) is 13.6. The molecule has 0 aliphatic heterocycles. The number of hydrogen-bond acceptors (Lipinski definition) is 8. The number of nitrogens with one attached hydrogen (secondary N) is 3. The smallest absolute Gasteiger partial charge is 0.272 e. The third-order valence-corrected chi connectivity index (χ3v) is 8.68. The molecular weight excluding hydrogens is 613 g/mol. The average molecular weight is 641 g/mol. The van der Waals surface area contributed by atoms with Gasteiger partial charge < -0.3 is 20.7 Å². The number of nitrogens with zero attached hydrogens (tertiary/aromatic N) is 1. The summed E-state index contributed by atoms with van der Waals surface area (Å²) in [5.41, 5.74) is 2.46. The van der Waals surface area contributed by atoms with Gasteiger partial charge in [-0.25, -0.2) is 4.98 Å². The highest BCUT2D eigenvalue weighted by Crippen LogP contribution is 2.29. The van der Waals surface area contributed by atoms with Crippen LogP contribution in [0.5, 0.6) is 5.75 Å². The van der Waals surface area contributed by atoms with Crippen molar-refractivity contribution in [2.45, 2.75) is 11.8 Å². The van der Waals surface area contributed by atoms with Crippen LogP contribution < -0.4 is 20.7 Å². The number of anilines is 2. The summed E-state index contributed by atoms with van der Waals surface area (Å²) in [5.74, 6) is -0.354. The van der Waals surface area contributed by atoms with Crippen molar-refractivity contribution < 1.29 is 19.1 Å². The minimum atomic E-state index is -0.509. The quantitative estimate of drug-likeness (QED) is 0.0968. The van der Waals surface area contributed by atoms with E-state index in [1.807, 2.05) is 60.1 Å². The fourth-order valence-electron chi connectivity index (χ4n) is 4.02. The third kappa shape index (κ3) is 8.44. The fraction of sp³-hybridized carbons (Fsp3) is 0.0909. The lowest BCUT2D eigenvalue weighted by Crippen LogP contribution is -2.30. The molecule has 0 bridgehead atoms. The Morgan fingerprint density at radius 2 is 1.73 bits per heavy atom. The maximum atomic E-state index is 13.5. The van der Waals surface area contributed by atoms with E-state index in [1.165, 1.54) is 23.1 Å². The van der Waals surface area contributed by atoms with Gasteiger partial charge >= 0.3 is 0 Å². The van der Waals surface area contributed by atoms with Crippen LogP contribution >= 0.6 is 34.4 Å². The van der Waals surface area contributed by atoms with E-state index in [-0.39, 0.29) is 17.4 Å². The van der Waals surface area contributed by atoms with E-state index in [2.05, 4.69) is 20.9 Å². The van der Waals surface area contributed by atoms with E-state index < -0.39 is 11.8 Å². The number of thioether (sulfide) groups is 1. The Morgan fingerprint density at radius 3 is 2.52 bits per heavy atom. The van der Waals surface area contributed by atoms with E-state index in [9.17, 15) is 14.4 Å². The molecule has 0 fully saturated rings. The molecule has 3 N–H and O–H groups in total. The van der Waals surface area contributed by atoms with Crippen molar-refractivity contribution in [3.05, 3.63) is 119 Å². The monoisotopic (exact) mass is 640 g/mol. The highest BCUT2D eigenvalue weighted by molar-refractivity contribution is 8.00. The summed E-state index contributed by atoms with van der Waals surface area (Å²) in [6, 6.07) is 27.1. The minimum Gasteiger partial charge on any atom is -0.493 e. The molecule has 2 heterocycles. The molecule has 11 heteroatoms. The number of ether oxygens (including phenoxy) is 1. The largest absolute Gasteiger partial charge is 0.493 e. The molecule has 222 valence electrons. The molecule has 8 nitrogen and oxygen atoms in total. The molecule has 3 amide bonds. The Balaban J connectivity index is 1.26. The third-order valence-electron chi connectivity index (χ3n) is 6.03. The number of thiazole rings is 1. The summed E-state index contributed by atoms with van der Waals surface area (Å²) in [6.45, 7) is 2.33. The SMILES string of the molecule is CCOc1ccccc1/C=C(/NC(=O)c1ccccc1)C(=O)Nc1cccc(SCC(=O)Nc2nc(-c3cccs3)cs2)c1. The fourth-order valence-corrected chi connectivity index (χ4v) is 6.26. The molecule has 2 aromatic heterocycles. The van der Waals surface area contributed by atoms with Crippen LogP contribution in [0.2, 0.25) is 0 Å². The highest BCUT2D eigenvalue weighted by Gasteiger charge is 2.17. The molecule has 44 heavy (non-hydrogen) atoms. The first-order chi connectivity index (χ1) is 21.5. The van der Waals surface area contributed by atoms with Gasteiger partial charge in [0.1, 0.15) is 11.4 Å². The number of carbonyl (C=O) groups is 3. The second kappa shape index (κ2) is 15.1. The van der Waals surface area contributed by atoms with Crippen LogP contribution in [0.25, 0.3) is 16.6 Å². The standard InChI is InChI=1S/C33H28N4O4S3/c1-2-41-28-15-7-6-12-23(28)18-26(35-31(39)22-10-4-3-5-11-22)32(40)34-24-13-8-14-25(19-24)43-21-30(38)37-33-36-27(20-44-33)29-16-9-17-42-29/h3-20H,2,21H2,1H3,(H,34,40)(H,35,39)(H,36,37,38)/b26-18+. The second-order valence-corrected chi connectivity index (χ2v) is 12.0. The Kier molecular flexibility index (Phi) is 10.6. The summed E-state index contributed by atoms with van der Waals surface area (Å²) in [7, 11) is 0. The molecule has 0 aliphatic carbocycles. The maximum absolute atomic E-state index is 13.5. The second-order valence-electron chi connectivity index (χ2n) is 9.18. The molecule has 0 spiro atoms. The number of benzene rings is 3. The molecule has 0 saturated heterocycles. The molecule has 5 aromatic rings. The Hall–Kier alpha value is -4.71. The molecular formula is C33H28N4O4S3. The molecule has 0 saturated carbocycles. The number of amides is 3. The predicted octanol–water partition coefficient (Wildman–Crippen LogP) is 7.41. The van der Waals surface area contributed by atoms with Crippen LogP contribution in [0.15, 0.2) is 112 Å². The van der Waals surface area contributed by atoms with E-state index in [0.29, 0.717) is 34.3 Å². The van der Waals surface area contributed by atoms with Crippen LogP contribution in [-0.2, 0) is 9.59 Å². The van der Waals surface area contributed by atoms with Crippen molar-refractivity contribution >= 4 is 69.1 Å². The highest BCUT2D eigenvalue weighted by atomic mass is 32.2. The lowest BCUT2D eigenvalue weighted by molar-refractivity contribution is -0.114. The topological polar surface area (TPSA) is 109 Å². The summed E-state index contributed by atoms with van der Waals surface area (Å²) >= 11 is 4.31. The van der Waals surface area contributed by atoms with Gasteiger partial charge in [0.15, 0.2) is 5.13 Å². The summed E-state index contributed by atoms with van der Waals surface area (Å²) in [6.07, 6.45) is 1.59. The zero-order chi connectivity index (χ0) is 30.7. The van der Waals surface area contributed by atoms with E-state index >= 15 is 0 Å². The normalized spacial score (nSPS) is 11.1. The Morgan fingerprint density at radius 1 is 0.909 bits per heavy atom. The lowest BCUT2D eigenvalue weighted by atomic mass is 10.1. The van der Waals surface area contributed by atoms with Gasteiger partial charge in [0.2, 0.25) is 5.91 Å². The van der Waals surface area contributed by atoms with Gasteiger partial charge in [-0.3, -0.25) is 14.4 Å². The molecule has 0 aliphatic rings. The van der Waals surface area contributed by atoms with Crippen LogP contribution in [0.3, 0.4) is 0 Å². The molecule has 0 unspecified atom stereocenters. The first-order valence-corrected chi connectivity index (χ1v) is 16.4. The van der Waals surface area contributed by atoms with Gasteiger partial charge in [0.25, 0.3) is 11.8 Å². The van der Waals surface area contributed by atoms with E-state index in [4.69, 9.17) is 4.74 Å². The number of rotatable bonds is 12. The van der Waals surface area contributed by atoms with Crippen molar-refractivity contribution in [3.63, 3.8) is 0 Å². The van der Waals surface area contributed by atoms with Crippen molar-refractivity contribution in [2.75, 3.05) is 23.0 Å². The van der Waals surface area contributed by atoms with Gasteiger partial charge in [0, 0.05) is 27.1 Å². The van der Waals surface area contributed by atoms with Crippen molar-refractivity contribution in [1.82, 2.24) is 10.3 Å². The van der Waals surface area contributed by atoms with Crippen molar-refractivity contribution in [3.8, 4) is 16.3 Å². The maximum Gasteiger partial charge on any atom is 0.272 e. The summed E-state index contributed by atoms with van der Waals surface area (Å²) in [5, 5.41) is 12.9. The number of para-hydroxylation sites is 1. The number of carbonyl (C=O) groups excluding carboxylic acids is 3. The zero-order valence-electron chi connectivity index (χ0n) is 23.6. The van der Waals surface area contributed by atoms with Crippen molar-refractivity contribution in [2.24, 2.45) is 0 Å². The first kappa shape index (κ1) is 30.7. The molecule has 5 rings (SSSR count). The van der Waals surface area contributed by atoms with Gasteiger partial charge in [-0.1, -0.05) is 48.5 Å². The molecule has 0 radical (unpaired) electrons. The zero-order valence-corrected chi connectivity index (χ0v) is 26.1. The summed E-state index contributed by atoms with van der Waals surface area (Å²) in [4.78, 5) is 45.5. The van der Waals surface area contributed by atoms with Crippen molar-refractivity contribution in [1.29, 1.82) is 0 Å². The minimum absolute atomic E-state index is 0.0498. The van der Waals surface area contributed by atoms with Gasteiger partial charge in [-0.05, 0) is 60.8 Å². The van der Waals surface area contributed by atoms with Crippen LogP contribution in [0.4, 0.5) is 10.8 Å². The predicted molar refractivity (Wildman–Crippen MR) is 179 cm³/mol. The van der Waals surface area contributed by atoms with Gasteiger partial charge in [-0.15, -0.1) is 34.4 Å². The van der Waals surface area contributed by atoms with Gasteiger partial charge in [-0.2, -0.15) is 0 Å². The average Bonchev–Trinajstić information content (AvgIpc) is 3.74. The molecule has 3 aromatic carbocycles. The summed E-state index contributed by atoms with van der Waals surface area (Å²) < 4.78 is 5.72. The Bertz CT molecular complexity index is 1770. The number of aromatic nitrogens is 1. The van der Waals surface area contributed by atoms with E-state index in [1.54, 1.807) is 65.9 Å². The molecule has 0 atom stereocenters. The lowest BCUT2D eigenvalue weighted by Gasteiger charge is -2.13. The van der Waals surface area contributed by atoms with Gasteiger partial charge in [0.05, 0.1) is 22.9 Å². The Labute approximate surface area is 267 Å². The number of thiophene rings is 1. The van der Waals surface area contributed by atoms with E-state index in [0.717, 1.165) is 15.5 Å². The van der Waals surface area contributed by atoms with Crippen LogP contribution in [-0.4, -0.2) is 35.1 Å².